The molecule has 0 radical (unpaired) electrons. The Bertz CT molecular complexity index is 631. The molecule has 0 amide bonds. The molecule has 0 bridgehead atoms. The second-order valence-electron chi connectivity index (χ2n) is 7.04. The third kappa shape index (κ3) is 2.46. The van der Waals surface area contributed by atoms with Crippen LogP contribution in [0.2, 0.25) is 0 Å². The van der Waals surface area contributed by atoms with Crippen molar-refractivity contribution in [2.24, 2.45) is 17.8 Å². The lowest BCUT2D eigenvalue weighted by molar-refractivity contribution is -0.0854. The van der Waals surface area contributed by atoms with Crippen LogP contribution in [0.3, 0.4) is 0 Å². The van der Waals surface area contributed by atoms with Crippen molar-refractivity contribution in [2.75, 3.05) is 0 Å². The monoisotopic (exact) mass is 283 g/mol. The molecule has 1 N–H and O–H groups in total. The number of hydrogen-bond acceptors (Lipinski definition) is 2. The highest BCUT2D eigenvalue weighted by molar-refractivity contribution is 5.83. The minimum Gasteiger partial charge on any atom is -0.385 e. The first kappa shape index (κ1) is 14.5. The van der Waals surface area contributed by atoms with Crippen molar-refractivity contribution in [3.05, 3.63) is 42.1 Å². The first-order chi connectivity index (χ1) is 10.0. The fourth-order valence-electron chi connectivity index (χ4n) is 4.16. The minimum atomic E-state index is -0.728. The number of aliphatic hydroxyl groups is 1. The molecule has 2 aromatic rings. The molecule has 112 valence electrons. The van der Waals surface area contributed by atoms with E-state index in [1.807, 2.05) is 24.4 Å². The van der Waals surface area contributed by atoms with Crippen LogP contribution in [0.5, 0.6) is 0 Å². The Morgan fingerprint density at radius 3 is 2.76 bits per heavy atom. The molecule has 1 aromatic heterocycles. The Labute approximate surface area is 127 Å². The summed E-state index contributed by atoms with van der Waals surface area (Å²) < 4.78 is 0. The smallest absolute Gasteiger partial charge is 0.0936 e. The molecule has 0 aliphatic heterocycles. The second-order valence-corrected chi connectivity index (χ2v) is 7.04. The standard InChI is InChI=1S/C19H25NO/c1-13(2)16-10-9-14(3)12-19(16,21)17-7-4-8-18-15(17)6-5-11-20-18/h4-8,11,13-14,16,21H,9-10,12H2,1-3H3. The summed E-state index contributed by atoms with van der Waals surface area (Å²) in [5.41, 5.74) is 1.32. The van der Waals surface area contributed by atoms with Crippen molar-refractivity contribution in [2.45, 2.75) is 45.6 Å². The van der Waals surface area contributed by atoms with Gasteiger partial charge in [0.25, 0.3) is 0 Å². The molecule has 21 heavy (non-hydrogen) atoms. The van der Waals surface area contributed by atoms with Crippen LogP contribution in [0.4, 0.5) is 0 Å². The molecule has 1 aromatic carbocycles. The first-order valence-corrected chi connectivity index (χ1v) is 8.09. The summed E-state index contributed by atoms with van der Waals surface area (Å²) in [5, 5.41) is 12.7. The fourth-order valence-corrected chi connectivity index (χ4v) is 4.16. The van der Waals surface area contributed by atoms with Gasteiger partial charge in [0.2, 0.25) is 0 Å². The van der Waals surface area contributed by atoms with E-state index >= 15 is 0 Å². The van der Waals surface area contributed by atoms with E-state index in [4.69, 9.17) is 0 Å². The summed E-state index contributed by atoms with van der Waals surface area (Å²) in [6.45, 7) is 6.72. The molecule has 1 fully saturated rings. The van der Waals surface area contributed by atoms with E-state index in [1.165, 1.54) is 6.42 Å². The largest absolute Gasteiger partial charge is 0.385 e. The van der Waals surface area contributed by atoms with Gasteiger partial charge in [-0.1, -0.05) is 45.4 Å². The third-order valence-corrected chi connectivity index (χ3v) is 5.16. The molecule has 0 spiro atoms. The predicted octanol–water partition coefficient (Wildman–Crippen LogP) is 4.51. The van der Waals surface area contributed by atoms with E-state index in [0.717, 1.165) is 29.3 Å². The van der Waals surface area contributed by atoms with Crippen LogP contribution in [0.15, 0.2) is 36.5 Å². The average Bonchev–Trinajstić information content (AvgIpc) is 2.46. The van der Waals surface area contributed by atoms with Crippen LogP contribution in [-0.2, 0) is 5.60 Å². The van der Waals surface area contributed by atoms with Gasteiger partial charge in [-0.15, -0.1) is 0 Å². The van der Waals surface area contributed by atoms with E-state index in [-0.39, 0.29) is 0 Å². The maximum Gasteiger partial charge on any atom is 0.0936 e. The Morgan fingerprint density at radius 1 is 1.19 bits per heavy atom. The molecule has 1 heterocycles. The SMILES string of the molecule is CC1CCC(C(C)C)C(O)(c2cccc3ncccc23)C1. The van der Waals surface area contributed by atoms with Crippen molar-refractivity contribution in [1.29, 1.82) is 0 Å². The summed E-state index contributed by atoms with van der Waals surface area (Å²) in [7, 11) is 0. The maximum absolute atomic E-state index is 11.6. The lowest BCUT2D eigenvalue weighted by atomic mass is 9.64. The van der Waals surface area contributed by atoms with Gasteiger partial charge < -0.3 is 5.11 Å². The number of pyridine rings is 1. The summed E-state index contributed by atoms with van der Waals surface area (Å²) in [6, 6.07) is 10.2. The first-order valence-electron chi connectivity index (χ1n) is 8.09. The zero-order valence-electron chi connectivity index (χ0n) is 13.2. The zero-order chi connectivity index (χ0) is 15.0. The molecule has 3 rings (SSSR count). The second kappa shape index (κ2) is 5.42. The lowest BCUT2D eigenvalue weighted by Crippen LogP contribution is -2.43. The van der Waals surface area contributed by atoms with E-state index in [0.29, 0.717) is 17.8 Å². The molecule has 2 nitrogen and oxygen atoms in total. The molecule has 1 aliphatic carbocycles. The van der Waals surface area contributed by atoms with Gasteiger partial charge in [-0.05, 0) is 48.3 Å². The zero-order valence-corrected chi connectivity index (χ0v) is 13.2. The highest BCUT2D eigenvalue weighted by Gasteiger charge is 2.44. The van der Waals surface area contributed by atoms with E-state index in [1.54, 1.807) is 0 Å². The van der Waals surface area contributed by atoms with Crippen molar-refractivity contribution in [3.8, 4) is 0 Å². The topological polar surface area (TPSA) is 33.1 Å². The Kier molecular flexibility index (Phi) is 3.75. The Balaban J connectivity index is 2.17. The summed E-state index contributed by atoms with van der Waals surface area (Å²) in [5.74, 6) is 1.37. The maximum atomic E-state index is 11.6. The van der Waals surface area contributed by atoms with Gasteiger partial charge in [0.15, 0.2) is 0 Å². The number of benzene rings is 1. The van der Waals surface area contributed by atoms with Gasteiger partial charge >= 0.3 is 0 Å². The van der Waals surface area contributed by atoms with Crippen LogP contribution < -0.4 is 0 Å². The van der Waals surface area contributed by atoms with Crippen LogP contribution in [0.1, 0.15) is 45.6 Å². The molecular formula is C19H25NO. The molecule has 0 saturated heterocycles. The Morgan fingerprint density at radius 2 is 2.00 bits per heavy atom. The van der Waals surface area contributed by atoms with Gasteiger partial charge in [-0.25, -0.2) is 0 Å². The Hall–Kier alpha value is -1.41. The highest BCUT2D eigenvalue weighted by Crippen LogP contribution is 2.48. The third-order valence-electron chi connectivity index (χ3n) is 5.16. The number of hydrogen-bond donors (Lipinski definition) is 1. The van der Waals surface area contributed by atoms with E-state index in [2.05, 4.69) is 37.9 Å². The fraction of sp³-hybridized carbons (Fsp3) is 0.526. The number of rotatable bonds is 2. The molecule has 2 heteroatoms. The lowest BCUT2D eigenvalue weighted by Gasteiger charge is -2.45. The summed E-state index contributed by atoms with van der Waals surface area (Å²) >= 11 is 0. The number of aromatic nitrogens is 1. The van der Waals surface area contributed by atoms with Crippen molar-refractivity contribution >= 4 is 10.9 Å². The number of fused-ring (bicyclic) bond motifs is 1. The molecule has 3 atom stereocenters. The molecule has 1 saturated carbocycles. The number of nitrogens with zero attached hydrogens (tertiary/aromatic N) is 1. The molecular weight excluding hydrogens is 258 g/mol. The van der Waals surface area contributed by atoms with Crippen LogP contribution in [0, 0.1) is 17.8 Å². The van der Waals surface area contributed by atoms with Gasteiger partial charge in [-0.3, -0.25) is 4.98 Å². The van der Waals surface area contributed by atoms with Gasteiger partial charge in [0, 0.05) is 11.6 Å². The van der Waals surface area contributed by atoms with Gasteiger partial charge in [-0.2, -0.15) is 0 Å². The molecule has 1 aliphatic rings. The average molecular weight is 283 g/mol. The molecule has 3 unspecified atom stereocenters. The van der Waals surface area contributed by atoms with Crippen LogP contribution >= 0.6 is 0 Å². The van der Waals surface area contributed by atoms with E-state index in [9.17, 15) is 5.11 Å². The predicted molar refractivity (Wildman–Crippen MR) is 87.0 cm³/mol. The quantitative estimate of drug-likeness (QED) is 0.879. The summed E-state index contributed by atoms with van der Waals surface area (Å²) in [6.07, 6.45) is 4.99. The minimum absolute atomic E-state index is 0.319. The van der Waals surface area contributed by atoms with Gasteiger partial charge in [0.05, 0.1) is 11.1 Å². The summed E-state index contributed by atoms with van der Waals surface area (Å²) in [4.78, 5) is 4.45. The van der Waals surface area contributed by atoms with Crippen molar-refractivity contribution < 1.29 is 5.11 Å². The van der Waals surface area contributed by atoms with Crippen molar-refractivity contribution in [1.82, 2.24) is 4.98 Å². The normalized spacial score (nSPS) is 30.0. The van der Waals surface area contributed by atoms with Crippen molar-refractivity contribution in [3.63, 3.8) is 0 Å². The van der Waals surface area contributed by atoms with Crippen LogP contribution in [-0.4, -0.2) is 10.1 Å². The van der Waals surface area contributed by atoms with Crippen LogP contribution in [0.25, 0.3) is 10.9 Å². The highest BCUT2D eigenvalue weighted by atomic mass is 16.3. The van der Waals surface area contributed by atoms with Gasteiger partial charge in [0.1, 0.15) is 0 Å². The van der Waals surface area contributed by atoms with E-state index < -0.39 is 5.60 Å².